The second-order valence-corrected chi connectivity index (χ2v) is 11.4. The summed E-state index contributed by atoms with van der Waals surface area (Å²) in [5.41, 5.74) is 1.60. The molecular formula is C34H29F2N5O6. The fraction of sp³-hybridized carbons (Fsp3) is 0.176. The van der Waals surface area contributed by atoms with Crippen LogP contribution in [0.15, 0.2) is 89.5 Å². The van der Waals surface area contributed by atoms with Gasteiger partial charge in [-0.25, -0.2) is 23.4 Å². The predicted octanol–water partition coefficient (Wildman–Crippen LogP) is 6.52. The molecular weight excluding hydrogens is 612 g/mol. The number of benzene rings is 3. The van der Waals surface area contributed by atoms with E-state index in [9.17, 15) is 23.9 Å². The van der Waals surface area contributed by atoms with Crippen molar-refractivity contribution in [1.29, 1.82) is 0 Å². The first-order chi connectivity index (χ1) is 22.3. The molecule has 47 heavy (non-hydrogen) atoms. The van der Waals surface area contributed by atoms with Crippen molar-refractivity contribution in [3.8, 4) is 34.1 Å². The molecule has 2 amide bonds. The van der Waals surface area contributed by atoms with Gasteiger partial charge in [-0.2, -0.15) is 4.98 Å². The van der Waals surface area contributed by atoms with E-state index in [1.807, 2.05) is 0 Å². The van der Waals surface area contributed by atoms with Gasteiger partial charge in [-0.15, -0.1) is 0 Å². The van der Waals surface area contributed by atoms with Gasteiger partial charge in [0.05, 0.1) is 11.3 Å². The van der Waals surface area contributed by atoms with Gasteiger partial charge < -0.3 is 19.7 Å². The molecule has 0 bridgehead atoms. The number of hydrogen-bond donors (Lipinski definition) is 3. The molecule has 240 valence electrons. The molecule has 5 aromatic rings. The highest BCUT2D eigenvalue weighted by molar-refractivity contribution is 5.95. The number of amides is 2. The van der Waals surface area contributed by atoms with Crippen LogP contribution in [-0.2, 0) is 16.0 Å². The van der Waals surface area contributed by atoms with E-state index in [0.29, 0.717) is 28.1 Å². The lowest BCUT2D eigenvalue weighted by Gasteiger charge is -2.19. The van der Waals surface area contributed by atoms with E-state index >= 15 is 4.39 Å². The van der Waals surface area contributed by atoms with E-state index in [4.69, 9.17) is 9.26 Å². The van der Waals surface area contributed by atoms with Crippen LogP contribution in [0.5, 0.6) is 0 Å². The molecule has 0 spiro atoms. The molecule has 0 fully saturated rings. The molecule has 13 heteroatoms. The maximum atomic E-state index is 15.2. The van der Waals surface area contributed by atoms with Gasteiger partial charge in [0.2, 0.25) is 5.82 Å². The number of ether oxygens (including phenoxy) is 1. The molecule has 3 aromatic carbocycles. The number of carbonyl (C=O) groups excluding carboxylic acids is 2. The number of anilines is 1. The van der Waals surface area contributed by atoms with Gasteiger partial charge >= 0.3 is 12.1 Å². The van der Waals surface area contributed by atoms with Crippen LogP contribution >= 0.6 is 0 Å². The Balaban J connectivity index is 1.24. The molecule has 1 atom stereocenters. The van der Waals surface area contributed by atoms with Crippen LogP contribution in [0.2, 0.25) is 0 Å². The summed E-state index contributed by atoms with van der Waals surface area (Å²) in [5.74, 6) is -3.14. The van der Waals surface area contributed by atoms with Crippen LogP contribution < -0.4 is 10.6 Å². The SMILES string of the molecule is CC(C)(C)OC(=O)Nc1ccc(-c2nc(-c3ccc(CC(NC(=O)c4cccc(-c5ccc(F)cc5)n4)C(=O)O)cc3F)no2)cc1. The van der Waals surface area contributed by atoms with Gasteiger partial charge in [-0.3, -0.25) is 10.1 Å². The van der Waals surface area contributed by atoms with Crippen LogP contribution in [0.1, 0.15) is 36.8 Å². The second kappa shape index (κ2) is 13.6. The zero-order valence-electron chi connectivity index (χ0n) is 25.5. The van der Waals surface area contributed by atoms with Crippen LogP contribution in [0, 0.1) is 11.6 Å². The lowest BCUT2D eigenvalue weighted by Crippen LogP contribution is -2.42. The molecule has 0 aliphatic rings. The fourth-order valence-corrected chi connectivity index (χ4v) is 4.45. The Labute approximate surface area is 267 Å². The lowest BCUT2D eigenvalue weighted by atomic mass is 10.0. The first-order valence-corrected chi connectivity index (χ1v) is 14.3. The second-order valence-electron chi connectivity index (χ2n) is 11.4. The first-order valence-electron chi connectivity index (χ1n) is 14.3. The van der Waals surface area contributed by atoms with Gasteiger partial charge in [0, 0.05) is 23.2 Å². The average molecular weight is 642 g/mol. The maximum absolute atomic E-state index is 15.2. The fourth-order valence-electron chi connectivity index (χ4n) is 4.45. The van der Waals surface area contributed by atoms with Crippen molar-refractivity contribution in [2.24, 2.45) is 0 Å². The molecule has 11 nitrogen and oxygen atoms in total. The predicted molar refractivity (Wildman–Crippen MR) is 167 cm³/mol. The molecule has 5 rings (SSSR count). The molecule has 0 aliphatic heterocycles. The van der Waals surface area contributed by atoms with Crippen LogP contribution in [0.25, 0.3) is 34.1 Å². The highest BCUT2D eigenvalue weighted by Crippen LogP contribution is 2.26. The van der Waals surface area contributed by atoms with Crippen LogP contribution in [0.3, 0.4) is 0 Å². The zero-order chi connectivity index (χ0) is 33.7. The zero-order valence-corrected chi connectivity index (χ0v) is 25.5. The quantitative estimate of drug-likeness (QED) is 0.163. The van der Waals surface area contributed by atoms with Crippen molar-refractivity contribution in [2.45, 2.75) is 38.8 Å². The van der Waals surface area contributed by atoms with Gasteiger partial charge in [0.1, 0.15) is 29.0 Å². The summed E-state index contributed by atoms with van der Waals surface area (Å²) in [6.07, 6.45) is -0.830. The number of hydrogen-bond acceptors (Lipinski definition) is 8. The van der Waals surface area contributed by atoms with Crippen LogP contribution in [-0.4, -0.2) is 49.8 Å². The minimum atomic E-state index is -1.39. The first kappa shape index (κ1) is 32.4. The molecule has 0 saturated carbocycles. The van der Waals surface area contributed by atoms with Gasteiger partial charge in [0.25, 0.3) is 11.8 Å². The maximum Gasteiger partial charge on any atom is 0.412 e. The summed E-state index contributed by atoms with van der Waals surface area (Å²) in [4.78, 5) is 45.4. The number of aliphatic carboxylic acids is 1. The molecule has 3 N–H and O–H groups in total. The number of carboxylic acids is 1. The Morgan fingerprint density at radius 3 is 2.28 bits per heavy atom. The van der Waals surface area contributed by atoms with E-state index in [0.717, 1.165) is 6.07 Å². The number of rotatable bonds is 9. The van der Waals surface area contributed by atoms with Gasteiger partial charge in [0.15, 0.2) is 0 Å². The summed E-state index contributed by atoms with van der Waals surface area (Å²) >= 11 is 0. The average Bonchev–Trinajstić information content (AvgIpc) is 3.50. The number of aromatic nitrogens is 3. The number of nitrogens with one attached hydrogen (secondary N) is 2. The van der Waals surface area contributed by atoms with Crippen molar-refractivity contribution in [3.05, 3.63) is 108 Å². The smallest absolute Gasteiger partial charge is 0.412 e. The molecule has 2 heterocycles. The third kappa shape index (κ3) is 8.39. The Bertz CT molecular complexity index is 1920. The van der Waals surface area contributed by atoms with E-state index in [1.165, 1.54) is 42.5 Å². The largest absolute Gasteiger partial charge is 0.480 e. The summed E-state index contributed by atoms with van der Waals surface area (Å²) in [7, 11) is 0. The summed E-state index contributed by atoms with van der Waals surface area (Å²) in [6, 6.07) is 19.3. The molecule has 0 saturated heterocycles. The van der Waals surface area contributed by atoms with Crippen molar-refractivity contribution in [2.75, 3.05) is 5.32 Å². The highest BCUT2D eigenvalue weighted by atomic mass is 19.1. The highest BCUT2D eigenvalue weighted by Gasteiger charge is 2.24. The Morgan fingerprint density at radius 1 is 0.915 bits per heavy atom. The van der Waals surface area contributed by atoms with E-state index < -0.39 is 41.2 Å². The normalized spacial score (nSPS) is 11.9. The van der Waals surface area contributed by atoms with Crippen molar-refractivity contribution in [3.63, 3.8) is 0 Å². The van der Waals surface area contributed by atoms with E-state index in [2.05, 4.69) is 25.8 Å². The Kier molecular flexibility index (Phi) is 9.36. The van der Waals surface area contributed by atoms with Gasteiger partial charge in [-0.05, 0) is 99.1 Å². The number of carboxylic acid groups (broad SMARTS) is 1. The minimum absolute atomic E-state index is 0.0182. The van der Waals surface area contributed by atoms with Crippen molar-refractivity contribution < 1.29 is 37.5 Å². The van der Waals surface area contributed by atoms with Crippen molar-refractivity contribution >= 4 is 23.7 Å². The van der Waals surface area contributed by atoms with Gasteiger partial charge in [-0.1, -0.05) is 17.3 Å². The molecule has 1 unspecified atom stereocenters. The molecule has 0 radical (unpaired) electrons. The topological polar surface area (TPSA) is 157 Å². The molecule has 2 aromatic heterocycles. The lowest BCUT2D eigenvalue weighted by molar-refractivity contribution is -0.139. The number of halogens is 2. The monoisotopic (exact) mass is 641 g/mol. The summed E-state index contributed by atoms with van der Waals surface area (Å²) < 4.78 is 39.0. The standard InChI is InChI=1S/C34H29F2N5O6/c1-34(2,3)46-33(45)37-23-14-10-21(11-15-23)31-40-29(41-47-31)24-16-7-19(17-25(24)36)18-28(32(43)44)39-30(42)27-6-4-5-26(38-27)20-8-12-22(35)13-9-20/h4-17,28H,18H2,1-3H3,(H,37,45)(H,39,42)(H,43,44). The number of nitrogens with zero attached hydrogens (tertiary/aromatic N) is 3. The Hall–Kier alpha value is -5.98. The number of pyridine rings is 1. The molecule has 0 aliphatic carbocycles. The van der Waals surface area contributed by atoms with E-state index in [1.54, 1.807) is 57.2 Å². The third-order valence-corrected chi connectivity index (χ3v) is 6.64. The van der Waals surface area contributed by atoms with Crippen molar-refractivity contribution in [1.82, 2.24) is 20.4 Å². The van der Waals surface area contributed by atoms with Crippen LogP contribution in [0.4, 0.5) is 19.3 Å². The number of carbonyl (C=O) groups is 3. The summed E-state index contributed by atoms with van der Waals surface area (Å²) in [5, 5.41) is 18.7. The third-order valence-electron chi connectivity index (χ3n) is 6.64. The van der Waals surface area contributed by atoms with E-state index in [-0.39, 0.29) is 29.4 Å². The summed E-state index contributed by atoms with van der Waals surface area (Å²) in [6.45, 7) is 5.26. The Morgan fingerprint density at radius 2 is 1.62 bits per heavy atom. The minimum Gasteiger partial charge on any atom is -0.480 e.